The van der Waals surface area contributed by atoms with Gasteiger partial charge >= 0.3 is 11.3 Å². The van der Waals surface area contributed by atoms with Gasteiger partial charge in [0.2, 0.25) is 0 Å². The van der Waals surface area contributed by atoms with Crippen molar-refractivity contribution in [3.05, 3.63) is 85.4 Å². The Bertz CT molecular complexity index is 1500. The number of ether oxygens (including phenoxy) is 1. The van der Waals surface area contributed by atoms with Crippen molar-refractivity contribution in [3.8, 4) is 24.0 Å². The van der Waals surface area contributed by atoms with Gasteiger partial charge in [-0.15, -0.1) is 0 Å². The van der Waals surface area contributed by atoms with Crippen LogP contribution in [0.4, 0.5) is 0 Å². The number of aryl methyl sites for hydroxylation is 1. The normalized spacial score (nSPS) is 18.2. The summed E-state index contributed by atoms with van der Waals surface area (Å²) in [5.41, 5.74) is 1.67. The molecule has 6 heteroatoms. The zero-order valence-corrected chi connectivity index (χ0v) is 18.3. The van der Waals surface area contributed by atoms with Crippen molar-refractivity contribution in [2.45, 2.75) is 45.1 Å². The van der Waals surface area contributed by atoms with Gasteiger partial charge in [-0.1, -0.05) is 17.9 Å². The van der Waals surface area contributed by atoms with Crippen LogP contribution in [0.15, 0.2) is 56.1 Å². The lowest BCUT2D eigenvalue weighted by atomic mass is 9.94. The molecule has 1 aliphatic carbocycles. The van der Waals surface area contributed by atoms with Gasteiger partial charge in [-0.25, -0.2) is 14.9 Å². The first-order valence-corrected chi connectivity index (χ1v) is 10.5. The third kappa shape index (κ3) is 4.04. The molecule has 0 radical (unpaired) electrons. The van der Waals surface area contributed by atoms with E-state index in [2.05, 4.69) is 16.7 Å². The maximum atomic E-state index is 12.6. The monoisotopic (exact) mass is 433 g/mol. The Morgan fingerprint density at radius 3 is 2.79 bits per heavy atom. The molecule has 1 aliphatic heterocycles. The predicted molar refractivity (Wildman–Crippen MR) is 123 cm³/mol. The highest BCUT2D eigenvalue weighted by atomic mass is 16.5. The topological polar surface area (TPSA) is 91.4 Å². The number of allylic oxidation sites excluding steroid dienone is 2. The fraction of sp³-hybridized carbons (Fsp3) is 0.259. The lowest BCUT2D eigenvalue weighted by Gasteiger charge is -2.20. The van der Waals surface area contributed by atoms with Gasteiger partial charge in [0.25, 0.3) is 0 Å². The molecule has 6 nitrogen and oxygen atoms in total. The molecule has 0 fully saturated rings. The van der Waals surface area contributed by atoms with Gasteiger partial charge in [0.15, 0.2) is 5.76 Å². The zero-order chi connectivity index (χ0) is 23.6. The minimum Gasteiger partial charge on any atom is -0.492 e. The SMILES string of the molecule is [C-]#[N+]/C(C#N)=C1\OC(C)(C)C(/C=C/c2cc3cc4c(cc3oc2=O)C#CCCCC4)=C1C#N. The zero-order valence-electron chi connectivity index (χ0n) is 18.3. The van der Waals surface area contributed by atoms with Crippen molar-refractivity contribution < 1.29 is 9.15 Å². The first kappa shape index (κ1) is 21.7. The van der Waals surface area contributed by atoms with Crippen LogP contribution in [-0.4, -0.2) is 5.60 Å². The first-order chi connectivity index (χ1) is 15.9. The van der Waals surface area contributed by atoms with E-state index in [1.807, 2.05) is 18.2 Å². The fourth-order valence-electron chi connectivity index (χ4n) is 4.00. The van der Waals surface area contributed by atoms with Gasteiger partial charge in [0.1, 0.15) is 17.3 Å². The number of hydrogen-bond donors (Lipinski definition) is 0. The molecule has 1 aromatic carbocycles. The summed E-state index contributed by atoms with van der Waals surface area (Å²) in [7, 11) is 0. The molecular weight excluding hydrogens is 414 g/mol. The van der Waals surface area contributed by atoms with Gasteiger partial charge < -0.3 is 9.15 Å². The quantitative estimate of drug-likeness (QED) is 0.282. The first-order valence-electron chi connectivity index (χ1n) is 10.5. The molecule has 1 aromatic heterocycles. The van der Waals surface area contributed by atoms with Gasteiger partial charge in [0.05, 0.1) is 23.8 Å². The summed E-state index contributed by atoms with van der Waals surface area (Å²) in [5, 5.41) is 19.7. The van der Waals surface area contributed by atoms with E-state index in [1.54, 1.807) is 38.1 Å². The van der Waals surface area contributed by atoms with E-state index >= 15 is 0 Å². The molecule has 0 saturated carbocycles. The molecule has 2 aromatic rings. The van der Waals surface area contributed by atoms with Crippen LogP contribution in [0.3, 0.4) is 0 Å². The van der Waals surface area contributed by atoms with E-state index in [1.165, 1.54) is 0 Å². The summed E-state index contributed by atoms with van der Waals surface area (Å²) in [4.78, 5) is 15.8. The van der Waals surface area contributed by atoms with E-state index in [-0.39, 0.29) is 17.0 Å². The summed E-state index contributed by atoms with van der Waals surface area (Å²) in [6.07, 6.45) is 7.10. The molecule has 0 N–H and O–H groups in total. The van der Waals surface area contributed by atoms with Gasteiger partial charge in [-0.3, -0.25) is 0 Å². The highest BCUT2D eigenvalue weighted by molar-refractivity contribution is 5.82. The molecule has 0 bridgehead atoms. The minimum absolute atomic E-state index is 0.0371. The van der Waals surface area contributed by atoms with Crippen molar-refractivity contribution in [1.29, 1.82) is 10.5 Å². The summed E-state index contributed by atoms with van der Waals surface area (Å²) in [5.74, 6) is 6.29. The summed E-state index contributed by atoms with van der Waals surface area (Å²) < 4.78 is 11.3. The van der Waals surface area contributed by atoms with Crippen molar-refractivity contribution >= 4 is 17.0 Å². The van der Waals surface area contributed by atoms with Crippen LogP contribution in [0.2, 0.25) is 0 Å². The fourth-order valence-corrected chi connectivity index (χ4v) is 4.00. The summed E-state index contributed by atoms with van der Waals surface area (Å²) in [6.45, 7) is 10.6. The van der Waals surface area contributed by atoms with Crippen LogP contribution in [-0.2, 0) is 11.2 Å². The highest BCUT2D eigenvalue weighted by Gasteiger charge is 2.38. The molecule has 0 amide bonds. The molecule has 2 heterocycles. The number of nitriles is 2. The Morgan fingerprint density at radius 2 is 2.06 bits per heavy atom. The highest BCUT2D eigenvalue weighted by Crippen LogP contribution is 2.40. The number of fused-ring (bicyclic) bond motifs is 2. The lowest BCUT2D eigenvalue weighted by Crippen LogP contribution is -2.20. The second-order valence-electron chi connectivity index (χ2n) is 8.29. The molecule has 4 rings (SSSR count). The van der Waals surface area contributed by atoms with Crippen molar-refractivity contribution in [2.75, 3.05) is 0 Å². The Morgan fingerprint density at radius 1 is 1.24 bits per heavy atom. The number of benzene rings is 1. The Labute approximate surface area is 191 Å². The van der Waals surface area contributed by atoms with Crippen LogP contribution in [0, 0.1) is 41.1 Å². The van der Waals surface area contributed by atoms with Gasteiger partial charge in [-0.2, -0.15) is 5.26 Å². The van der Waals surface area contributed by atoms with E-state index in [0.29, 0.717) is 16.7 Å². The van der Waals surface area contributed by atoms with Crippen molar-refractivity contribution in [3.63, 3.8) is 0 Å². The molecule has 0 saturated heterocycles. The Kier molecular flexibility index (Phi) is 5.62. The minimum atomic E-state index is -0.949. The lowest BCUT2D eigenvalue weighted by molar-refractivity contribution is 0.0953. The average Bonchev–Trinajstić information content (AvgIpc) is 3.03. The molecule has 0 atom stereocenters. The number of hydrogen-bond acceptors (Lipinski definition) is 5. The van der Waals surface area contributed by atoms with Crippen LogP contribution < -0.4 is 5.63 Å². The molecule has 2 aliphatic rings. The van der Waals surface area contributed by atoms with Crippen LogP contribution in [0.5, 0.6) is 0 Å². The number of nitrogens with zero attached hydrogens (tertiary/aromatic N) is 3. The van der Waals surface area contributed by atoms with Crippen molar-refractivity contribution in [1.82, 2.24) is 0 Å². The smallest absolute Gasteiger partial charge is 0.343 e. The molecule has 0 spiro atoms. The van der Waals surface area contributed by atoms with Crippen LogP contribution >= 0.6 is 0 Å². The van der Waals surface area contributed by atoms with Crippen LogP contribution in [0.25, 0.3) is 21.9 Å². The van der Waals surface area contributed by atoms with Gasteiger partial charge in [-0.05, 0) is 62.9 Å². The van der Waals surface area contributed by atoms with E-state index in [4.69, 9.17) is 15.7 Å². The second-order valence-corrected chi connectivity index (χ2v) is 8.29. The summed E-state index contributed by atoms with van der Waals surface area (Å²) >= 11 is 0. The van der Waals surface area contributed by atoms with E-state index in [0.717, 1.165) is 42.2 Å². The second kappa shape index (κ2) is 8.55. The predicted octanol–water partition coefficient (Wildman–Crippen LogP) is 5.17. The third-order valence-corrected chi connectivity index (χ3v) is 5.68. The largest absolute Gasteiger partial charge is 0.492 e. The van der Waals surface area contributed by atoms with Crippen LogP contribution in [0.1, 0.15) is 49.8 Å². The Hall–Kier alpha value is -4.52. The van der Waals surface area contributed by atoms with Gasteiger partial charge in [0, 0.05) is 22.9 Å². The summed E-state index contributed by atoms with van der Waals surface area (Å²) in [6, 6.07) is 9.40. The average molecular weight is 433 g/mol. The van der Waals surface area contributed by atoms with Crippen molar-refractivity contribution in [2.24, 2.45) is 0 Å². The Balaban J connectivity index is 1.81. The maximum absolute atomic E-state index is 12.6. The third-order valence-electron chi connectivity index (χ3n) is 5.68. The number of rotatable bonds is 2. The molecule has 160 valence electrons. The van der Waals surface area contributed by atoms with E-state index in [9.17, 15) is 15.3 Å². The molecule has 0 unspecified atom stereocenters. The molecular formula is C27H19N3O3. The maximum Gasteiger partial charge on any atom is 0.343 e. The standard InChI is InChI=1S/C27H19N3O3/c1-27(2)22(21(15-28)25(33-27)23(16-29)30-3)11-10-19-13-20-12-17-8-6-4-5-7-9-18(17)14-24(20)32-26(19)31/h10-14H,4-6,8H2,1-2H3/b11-10+,25-23-. The molecule has 33 heavy (non-hydrogen) atoms. The van der Waals surface area contributed by atoms with E-state index < -0.39 is 11.2 Å².